The van der Waals surface area contributed by atoms with Crippen LogP contribution >= 0.6 is 0 Å². The van der Waals surface area contributed by atoms with Gasteiger partial charge in [0.25, 0.3) is 5.91 Å². The van der Waals surface area contributed by atoms with Gasteiger partial charge >= 0.3 is 5.97 Å². The summed E-state index contributed by atoms with van der Waals surface area (Å²) >= 11 is 0. The molecule has 0 saturated carbocycles. The van der Waals surface area contributed by atoms with Gasteiger partial charge in [0.2, 0.25) is 0 Å². The van der Waals surface area contributed by atoms with Crippen molar-refractivity contribution in [3.8, 4) is 0 Å². The van der Waals surface area contributed by atoms with Crippen LogP contribution in [-0.2, 0) is 14.3 Å². The molecule has 0 aromatic heterocycles. The maximum atomic E-state index is 12.3. The minimum absolute atomic E-state index is 0.00217. The van der Waals surface area contributed by atoms with Crippen molar-refractivity contribution in [3.05, 3.63) is 35.9 Å². The first kappa shape index (κ1) is 17.5. The van der Waals surface area contributed by atoms with Crippen LogP contribution in [0.1, 0.15) is 44.0 Å². The van der Waals surface area contributed by atoms with E-state index < -0.39 is 5.60 Å². The van der Waals surface area contributed by atoms with Crippen LogP contribution in [0.25, 0.3) is 0 Å². The molecule has 1 aliphatic rings. The summed E-state index contributed by atoms with van der Waals surface area (Å²) in [6, 6.07) is 9.28. The molecule has 0 atom stereocenters. The zero-order chi connectivity index (χ0) is 16.9. The molecule has 1 amide bonds. The Morgan fingerprint density at radius 1 is 1.13 bits per heavy atom. The molecule has 0 N–H and O–H groups in total. The summed E-state index contributed by atoms with van der Waals surface area (Å²) in [6.45, 7) is 6.75. The zero-order valence-corrected chi connectivity index (χ0v) is 14.1. The molecule has 126 valence electrons. The van der Waals surface area contributed by atoms with Crippen molar-refractivity contribution in [2.75, 3.05) is 19.7 Å². The lowest BCUT2D eigenvalue weighted by molar-refractivity contribution is -0.163. The molecular weight excluding hydrogens is 294 g/mol. The minimum atomic E-state index is -0.494. The van der Waals surface area contributed by atoms with Crippen LogP contribution < -0.4 is 0 Å². The number of benzene rings is 1. The number of ether oxygens (including phenoxy) is 2. The van der Waals surface area contributed by atoms with Crippen molar-refractivity contribution in [1.82, 2.24) is 4.90 Å². The second kappa shape index (κ2) is 7.59. The lowest BCUT2D eigenvalue weighted by atomic mass is 10.1. The average Bonchev–Trinajstić information content (AvgIpc) is 2.52. The van der Waals surface area contributed by atoms with Gasteiger partial charge in [0.15, 0.2) is 0 Å². The van der Waals surface area contributed by atoms with Crippen LogP contribution in [-0.4, -0.2) is 48.2 Å². The van der Waals surface area contributed by atoms with Crippen molar-refractivity contribution in [2.24, 2.45) is 0 Å². The Hall–Kier alpha value is -1.88. The number of piperidine rings is 1. The number of esters is 1. The standard InChI is InChI=1S/C18H25NO4/c1-18(2,3)23-16(20)13-22-15-9-11-19(12-10-15)17(21)14-7-5-4-6-8-14/h4-8,15H,9-13H2,1-3H3. The Balaban J connectivity index is 1.74. The van der Waals surface area contributed by atoms with Gasteiger partial charge < -0.3 is 14.4 Å². The average molecular weight is 319 g/mol. The first-order chi connectivity index (χ1) is 10.8. The third-order valence-electron chi connectivity index (χ3n) is 3.61. The van der Waals surface area contributed by atoms with E-state index in [9.17, 15) is 9.59 Å². The van der Waals surface area contributed by atoms with Gasteiger partial charge in [-0.25, -0.2) is 4.79 Å². The van der Waals surface area contributed by atoms with Crippen LogP contribution in [0.4, 0.5) is 0 Å². The van der Waals surface area contributed by atoms with Crippen molar-refractivity contribution in [1.29, 1.82) is 0 Å². The van der Waals surface area contributed by atoms with E-state index in [0.29, 0.717) is 18.7 Å². The fraction of sp³-hybridized carbons (Fsp3) is 0.556. The molecule has 2 rings (SSSR count). The van der Waals surface area contributed by atoms with E-state index in [1.807, 2.05) is 56.0 Å². The maximum absolute atomic E-state index is 12.3. The molecule has 0 bridgehead atoms. The summed E-state index contributed by atoms with van der Waals surface area (Å²) in [4.78, 5) is 25.8. The number of carbonyl (C=O) groups is 2. The molecule has 0 unspecified atom stereocenters. The first-order valence-corrected chi connectivity index (χ1v) is 8.03. The van der Waals surface area contributed by atoms with E-state index in [2.05, 4.69) is 0 Å². The van der Waals surface area contributed by atoms with E-state index in [1.54, 1.807) is 0 Å². The SMILES string of the molecule is CC(C)(C)OC(=O)COC1CCN(C(=O)c2ccccc2)CC1. The minimum Gasteiger partial charge on any atom is -0.458 e. The quantitative estimate of drug-likeness (QED) is 0.801. The van der Waals surface area contributed by atoms with Crippen LogP contribution in [0.5, 0.6) is 0 Å². The van der Waals surface area contributed by atoms with Gasteiger partial charge in [-0.05, 0) is 45.7 Å². The second-order valence-electron chi connectivity index (χ2n) is 6.76. The van der Waals surface area contributed by atoms with E-state index >= 15 is 0 Å². The van der Waals surface area contributed by atoms with Crippen molar-refractivity contribution in [2.45, 2.75) is 45.3 Å². The van der Waals surface area contributed by atoms with E-state index in [4.69, 9.17) is 9.47 Å². The topological polar surface area (TPSA) is 55.8 Å². The monoisotopic (exact) mass is 319 g/mol. The molecule has 0 spiro atoms. The normalized spacial score (nSPS) is 16.2. The number of amides is 1. The lowest BCUT2D eigenvalue weighted by Crippen LogP contribution is -2.41. The summed E-state index contributed by atoms with van der Waals surface area (Å²) in [6.07, 6.45) is 1.48. The van der Waals surface area contributed by atoms with Crippen molar-refractivity contribution < 1.29 is 19.1 Å². The Bertz CT molecular complexity index is 528. The molecule has 23 heavy (non-hydrogen) atoms. The van der Waals surface area contributed by atoms with Gasteiger partial charge in [-0.3, -0.25) is 4.79 Å². The molecule has 1 aromatic carbocycles. The van der Waals surface area contributed by atoms with Gasteiger partial charge in [0, 0.05) is 18.7 Å². The number of rotatable bonds is 4. The molecule has 1 heterocycles. The zero-order valence-electron chi connectivity index (χ0n) is 14.1. The molecule has 5 heteroatoms. The summed E-state index contributed by atoms with van der Waals surface area (Å²) < 4.78 is 10.8. The van der Waals surface area contributed by atoms with Crippen LogP contribution in [0.2, 0.25) is 0 Å². The van der Waals surface area contributed by atoms with E-state index in [1.165, 1.54) is 0 Å². The largest absolute Gasteiger partial charge is 0.458 e. The second-order valence-corrected chi connectivity index (χ2v) is 6.76. The van der Waals surface area contributed by atoms with Gasteiger partial charge in [0.05, 0.1) is 6.10 Å². The summed E-state index contributed by atoms with van der Waals surface area (Å²) in [5, 5.41) is 0. The fourth-order valence-electron chi connectivity index (χ4n) is 2.55. The van der Waals surface area contributed by atoms with Crippen LogP contribution in [0.3, 0.4) is 0 Å². The van der Waals surface area contributed by atoms with Crippen molar-refractivity contribution in [3.63, 3.8) is 0 Å². The number of hydrogen-bond acceptors (Lipinski definition) is 4. The van der Waals surface area contributed by atoms with Crippen molar-refractivity contribution >= 4 is 11.9 Å². The van der Waals surface area contributed by atoms with E-state index in [0.717, 1.165) is 12.8 Å². The third kappa shape index (κ3) is 5.67. The molecule has 0 aliphatic carbocycles. The Morgan fingerprint density at radius 3 is 2.30 bits per heavy atom. The van der Waals surface area contributed by atoms with Gasteiger partial charge in [0.1, 0.15) is 12.2 Å². The fourth-order valence-corrected chi connectivity index (χ4v) is 2.55. The predicted molar refractivity (Wildman–Crippen MR) is 87.2 cm³/mol. The summed E-state index contributed by atoms with van der Waals surface area (Å²) in [7, 11) is 0. The highest BCUT2D eigenvalue weighted by molar-refractivity contribution is 5.94. The molecule has 0 radical (unpaired) electrons. The Kier molecular flexibility index (Phi) is 5.77. The Labute approximate surface area is 137 Å². The Morgan fingerprint density at radius 2 is 1.74 bits per heavy atom. The number of nitrogens with zero attached hydrogens (tertiary/aromatic N) is 1. The number of likely N-dealkylation sites (tertiary alicyclic amines) is 1. The number of hydrogen-bond donors (Lipinski definition) is 0. The highest BCUT2D eigenvalue weighted by Crippen LogP contribution is 2.17. The maximum Gasteiger partial charge on any atom is 0.332 e. The summed E-state index contributed by atoms with van der Waals surface area (Å²) in [5.41, 5.74) is 0.215. The highest BCUT2D eigenvalue weighted by atomic mass is 16.6. The molecule has 1 aromatic rings. The number of carbonyl (C=O) groups excluding carboxylic acids is 2. The molecule has 1 fully saturated rings. The predicted octanol–water partition coefficient (Wildman–Crippen LogP) is 2.65. The van der Waals surface area contributed by atoms with Crippen LogP contribution in [0.15, 0.2) is 30.3 Å². The smallest absolute Gasteiger partial charge is 0.332 e. The molecule has 1 aliphatic heterocycles. The van der Waals surface area contributed by atoms with Crippen LogP contribution in [0, 0.1) is 0 Å². The van der Waals surface area contributed by atoms with Gasteiger partial charge in [-0.15, -0.1) is 0 Å². The lowest BCUT2D eigenvalue weighted by Gasteiger charge is -2.32. The molecule has 5 nitrogen and oxygen atoms in total. The highest BCUT2D eigenvalue weighted by Gasteiger charge is 2.25. The molecular formula is C18H25NO4. The van der Waals surface area contributed by atoms with E-state index in [-0.39, 0.29) is 24.6 Å². The molecule has 1 saturated heterocycles. The van der Waals surface area contributed by atoms with Gasteiger partial charge in [-0.2, -0.15) is 0 Å². The first-order valence-electron chi connectivity index (χ1n) is 8.03. The third-order valence-corrected chi connectivity index (χ3v) is 3.61. The van der Waals surface area contributed by atoms with Gasteiger partial charge in [-0.1, -0.05) is 18.2 Å². The summed E-state index contributed by atoms with van der Waals surface area (Å²) in [5.74, 6) is -0.295.